The zero-order chi connectivity index (χ0) is 20.2. The van der Waals surface area contributed by atoms with E-state index in [1.807, 2.05) is 56.6 Å². The number of aromatic nitrogens is 2. The second-order valence-electron chi connectivity index (χ2n) is 7.26. The van der Waals surface area contributed by atoms with E-state index in [1.54, 1.807) is 11.1 Å². The topological polar surface area (TPSA) is 56.6 Å². The van der Waals surface area contributed by atoms with Crippen LogP contribution in [0, 0.1) is 6.92 Å². The van der Waals surface area contributed by atoms with Gasteiger partial charge in [0.05, 0.1) is 0 Å². The summed E-state index contributed by atoms with van der Waals surface area (Å²) in [5.74, 6) is 2.50. The first-order valence-corrected chi connectivity index (χ1v) is 9.78. The molecule has 6 nitrogen and oxygen atoms in total. The summed E-state index contributed by atoms with van der Waals surface area (Å²) in [6.45, 7) is 3.57. The highest BCUT2D eigenvalue weighted by atomic mass is 16.7. The molecule has 0 spiro atoms. The molecule has 1 atom stereocenters. The number of hydrogen-bond donors (Lipinski definition) is 0. The highest BCUT2D eigenvalue weighted by molar-refractivity contribution is 5.77. The van der Waals surface area contributed by atoms with Gasteiger partial charge >= 0.3 is 0 Å². The van der Waals surface area contributed by atoms with Crippen LogP contribution in [0.4, 0.5) is 0 Å². The largest absolute Gasteiger partial charge is 0.454 e. The number of carbonyl (C=O) groups is 1. The van der Waals surface area contributed by atoms with E-state index in [-0.39, 0.29) is 18.6 Å². The lowest BCUT2D eigenvalue weighted by Gasteiger charge is -2.23. The van der Waals surface area contributed by atoms with E-state index in [0.717, 1.165) is 35.0 Å². The Kier molecular flexibility index (Phi) is 5.51. The summed E-state index contributed by atoms with van der Waals surface area (Å²) in [5, 5.41) is 0. The van der Waals surface area contributed by atoms with Crippen LogP contribution in [0.15, 0.2) is 60.9 Å². The molecule has 0 radical (unpaired) electrons. The van der Waals surface area contributed by atoms with E-state index in [0.29, 0.717) is 13.0 Å². The zero-order valence-electron chi connectivity index (χ0n) is 16.7. The molecule has 1 aliphatic heterocycles. The lowest BCUT2D eigenvalue weighted by atomic mass is 9.88. The summed E-state index contributed by atoms with van der Waals surface area (Å²) >= 11 is 0. The molecule has 1 aromatic heterocycles. The van der Waals surface area contributed by atoms with Crippen LogP contribution in [-0.2, 0) is 11.3 Å². The van der Waals surface area contributed by atoms with E-state index in [9.17, 15) is 4.79 Å². The van der Waals surface area contributed by atoms with Crippen molar-refractivity contribution in [1.29, 1.82) is 0 Å². The SMILES string of the molecule is Cc1nccn1CCN(C)C(=O)CC(c1ccccc1)c1ccc2c(c1)OCO2. The number of fused-ring (bicyclic) bond motifs is 1. The second kappa shape index (κ2) is 8.39. The Morgan fingerprint density at radius 3 is 2.69 bits per heavy atom. The lowest BCUT2D eigenvalue weighted by molar-refractivity contribution is -0.130. The molecule has 0 aliphatic carbocycles. The normalized spacial score (nSPS) is 13.3. The Morgan fingerprint density at radius 2 is 1.93 bits per heavy atom. The lowest BCUT2D eigenvalue weighted by Crippen LogP contribution is -2.31. The zero-order valence-corrected chi connectivity index (χ0v) is 16.7. The van der Waals surface area contributed by atoms with Gasteiger partial charge in [0.1, 0.15) is 5.82 Å². The number of aryl methyl sites for hydroxylation is 1. The number of imidazole rings is 1. The van der Waals surface area contributed by atoms with Crippen LogP contribution >= 0.6 is 0 Å². The molecule has 0 bridgehead atoms. The molecular weight excluding hydrogens is 366 g/mol. The molecule has 2 heterocycles. The third-order valence-corrected chi connectivity index (χ3v) is 5.41. The molecule has 29 heavy (non-hydrogen) atoms. The maximum absolute atomic E-state index is 13.0. The van der Waals surface area contributed by atoms with Gasteiger partial charge in [0.2, 0.25) is 12.7 Å². The predicted octanol–water partition coefficient (Wildman–Crippen LogP) is 3.60. The number of rotatable bonds is 7. The van der Waals surface area contributed by atoms with Crippen molar-refractivity contribution in [1.82, 2.24) is 14.5 Å². The highest BCUT2D eigenvalue weighted by Crippen LogP contribution is 2.37. The smallest absolute Gasteiger partial charge is 0.231 e. The summed E-state index contributed by atoms with van der Waals surface area (Å²) in [4.78, 5) is 19.1. The van der Waals surface area contributed by atoms with Crippen molar-refractivity contribution in [2.75, 3.05) is 20.4 Å². The molecule has 1 aliphatic rings. The summed E-state index contributed by atoms with van der Waals surface area (Å²) in [7, 11) is 1.86. The van der Waals surface area contributed by atoms with Gasteiger partial charge in [-0.25, -0.2) is 4.98 Å². The maximum atomic E-state index is 13.0. The molecule has 6 heteroatoms. The van der Waals surface area contributed by atoms with E-state index < -0.39 is 0 Å². The summed E-state index contributed by atoms with van der Waals surface area (Å²) < 4.78 is 13.0. The van der Waals surface area contributed by atoms with Crippen molar-refractivity contribution in [3.8, 4) is 11.5 Å². The Hall–Kier alpha value is -3.28. The van der Waals surface area contributed by atoms with Crippen LogP contribution in [0.2, 0.25) is 0 Å². The number of likely N-dealkylation sites (N-methyl/N-ethyl adjacent to an activating group) is 1. The monoisotopic (exact) mass is 391 g/mol. The molecule has 4 rings (SSSR count). The van der Waals surface area contributed by atoms with Gasteiger partial charge in [-0.15, -0.1) is 0 Å². The van der Waals surface area contributed by atoms with Crippen LogP contribution < -0.4 is 9.47 Å². The number of nitrogens with zero attached hydrogens (tertiary/aromatic N) is 3. The Labute approximate surface area is 170 Å². The summed E-state index contributed by atoms with van der Waals surface area (Å²) in [5.41, 5.74) is 2.16. The summed E-state index contributed by atoms with van der Waals surface area (Å²) in [6, 6.07) is 16.1. The van der Waals surface area contributed by atoms with Gasteiger partial charge in [-0.05, 0) is 30.2 Å². The van der Waals surface area contributed by atoms with E-state index in [2.05, 4.69) is 21.7 Å². The molecule has 0 N–H and O–H groups in total. The third kappa shape index (κ3) is 4.26. The first-order chi connectivity index (χ1) is 14.1. The molecular formula is C23H25N3O3. The molecule has 0 saturated carbocycles. The van der Waals surface area contributed by atoms with E-state index in [4.69, 9.17) is 9.47 Å². The van der Waals surface area contributed by atoms with Gasteiger partial charge in [-0.1, -0.05) is 36.4 Å². The number of benzene rings is 2. The fourth-order valence-corrected chi connectivity index (χ4v) is 3.60. The molecule has 3 aromatic rings. The quantitative estimate of drug-likeness (QED) is 0.618. The number of carbonyl (C=O) groups excluding carboxylic acids is 1. The molecule has 150 valence electrons. The first-order valence-electron chi connectivity index (χ1n) is 9.78. The van der Waals surface area contributed by atoms with Crippen molar-refractivity contribution < 1.29 is 14.3 Å². The van der Waals surface area contributed by atoms with Crippen LogP contribution in [0.25, 0.3) is 0 Å². The predicted molar refractivity (Wildman–Crippen MR) is 110 cm³/mol. The van der Waals surface area contributed by atoms with Crippen molar-refractivity contribution in [3.05, 3.63) is 77.9 Å². The fourth-order valence-electron chi connectivity index (χ4n) is 3.60. The minimum absolute atomic E-state index is 0.0457. The van der Waals surface area contributed by atoms with Gasteiger partial charge < -0.3 is 18.9 Å². The fraction of sp³-hybridized carbons (Fsp3) is 0.304. The maximum Gasteiger partial charge on any atom is 0.231 e. The van der Waals surface area contributed by atoms with Crippen LogP contribution in [-0.4, -0.2) is 40.7 Å². The van der Waals surface area contributed by atoms with Gasteiger partial charge in [0, 0.05) is 44.9 Å². The van der Waals surface area contributed by atoms with Crippen molar-refractivity contribution in [3.63, 3.8) is 0 Å². The number of amides is 1. The molecule has 0 saturated heterocycles. The number of ether oxygens (including phenoxy) is 2. The number of hydrogen-bond acceptors (Lipinski definition) is 4. The van der Waals surface area contributed by atoms with Gasteiger partial charge in [-0.2, -0.15) is 0 Å². The average Bonchev–Trinajstić information content (AvgIpc) is 3.38. The van der Waals surface area contributed by atoms with Crippen LogP contribution in [0.5, 0.6) is 11.5 Å². The van der Waals surface area contributed by atoms with Gasteiger partial charge in [0.15, 0.2) is 11.5 Å². The van der Waals surface area contributed by atoms with Gasteiger partial charge in [0.25, 0.3) is 0 Å². The van der Waals surface area contributed by atoms with E-state index >= 15 is 0 Å². The van der Waals surface area contributed by atoms with E-state index in [1.165, 1.54) is 0 Å². The van der Waals surface area contributed by atoms with Crippen molar-refractivity contribution in [2.24, 2.45) is 0 Å². The minimum atomic E-state index is -0.0457. The Balaban J connectivity index is 1.51. The highest BCUT2D eigenvalue weighted by Gasteiger charge is 2.23. The second-order valence-corrected chi connectivity index (χ2v) is 7.26. The standard InChI is InChI=1S/C23H25N3O3/c1-17-24-10-11-26(17)13-12-25(2)23(27)15-20(18-6-4-3-5-7-18)19-8-9-21-22(14-19)29-16-28-21/h3-11,14,20H,12-13,15-16H2,1-2H3. The van der Waals surface area contributed by atoms with Crippen LogP contribution in [0.1, 0.15) is 29.3 Å². The Bertz CT molecular complexity index is 984. The minimum Gasteiger partial charge on any atom is -0.454 e. The first kappa shape index (κ1) is 19.1. The molecule has 2 aromatic carbocycles. The molecule has 1 unspecified atom stereocenters. The average molecular weight is 391 g/mol. The van der Waals surface area contributed by atoms with Crippen LogP contribution in [0.3, 0.4) is 0 Å². The van der Waals surface area contributed by atoms with Crippen molar-refractivity contribution in [2.45, 2.75) is 25.8 Å². The van der Waals surface area contributed by atoms with Gasteiger partial charge in [-0.3, -0.25) is 4.79 Å². The Morgan fingerprint density at radius 1 is 1.14 bits per heavy atom. The summed E-state index contributed by atoms with van der Waals surface area (Å²) in [6.07, 6.45) is 4.11. The van der Waals surface area contributed by atoms with Crippen molar-refractivity contribution >= 4 is 5.91 Å². The molecule has 1 amide bonds. The third-order valence-electron chi connectivity index (χ3n) is 5.41. The molecule has 0 fully saturated rings.